The maximum atomic E-state index is 5.59. The van der Waals surface area contributed by atoms with Crippen LogP contribution in [-0.2, 0) is 11.3 Å². The first-order valence-electron chi connectivity index (χ1n) is 5.66. The zero-order chi connectivity index (χ0) is 11.5. The van der Waals surface area contributed by atoms with Crippen LogP contribution in [0.3, 0.4) is 0 Å². The second-order valence-corrected chi connectivity index (χ2v) is 5.28. The molecule has 16 heavy (non-hydrogen) atoms. The molecule has 4 nitrogen and oxygen atoms in total. The molecule has 0 aliphatic carbocycles. The van der Waals surface area contributed by atoms with Crippen molar-refractivity contribution >= 4 is 16.5 Å². The van der Waals surface area contributed by atoms with E-state index >= 15 is 0 Å². The van der Waals surface area contributed by atoms with Crippen LogP contribution in [0.25, 0.3) is 0 Å². The number of anilines is 1. The normalized spacial score (nSPS) is 24.9. The number of likely N-dealkylation sites (N-methyl/N-ethyl adjacent to an activating group) is 1. The molecule has 1 aliphatic heterocycles. The molecule has 0 radical (unpaired) electrons. The lowest BCUT2D eigenvalue weighted by atomic mass is 10.1. The quantitative estimate of drug-likeness (QED) is 0.866. The summed E-state index contributed by atoms with van der Waals surface area (Å²) in [7, 11) is 4.06. The summed E-state index contributed by atoms with van der Waals surface area (Å²) in [5.74, 6) is 0. The summed E-state index contributed by atoms with van der Waals surface area (Å²) in [5, 5.41) is 4.23. The van der Waals surface area contributed by atoms with E-state index in [0.717, 1.165) is 24.7 Å². The van der Waals surface area contributed by atoms with E-state index in [4.69, 9.17) is 4.74 Å². The molecule has 2 atom stereocenters. The second kappa shape index (κ2) is 5.12. The number of hydrogen-bond acceptors (Lipinski definition) is 5. The van der Waals surface area contributed by atoms with Crippen molar-refractivity contribution in [2.24, 2.45) is 0 Å². The van der Waals surface area contributed by atoms with Crippen LogP contribution in [0.4, 0.5) is 5.13 Å². The van der Waals surface area contributed by atoms with Gasteiger partial charge in [-0.25, -0.2) is 4.98 Å². The van der Waals surface area contributed by atoms with Gasteiger partial charge < -0.3 is 15.0 Å². The smallest absolute Gasteiger partial charge is 0.185 e. The van der Waals surface area contributed by atoms with E-state index in [0.29, 0.717) is 12.1 Å². The highest BCUT2D eigenvalue weighted by atomic mass is 32.1. The van der Waals surface area contributed by atoms with E-state index in [2.05, 4.69) is 29.2 Å². The molecule has 2 rings (SSSR count). The van der Waals surface area contributed by atoms with E-state index in [1.54, 1.807) is 11.3 Å². The van der Waals surface area contributed by atoms with Gasteiger partial charge in [-0.3, -0.25) is 0 Å². The zero-order valence-electron chi connectivity index (χ0n) is 10.1. The van der Waals surface area contributed by atoms with Crippen molar-refractivity contribution in [2.45, 2.75) is 32.0 Å². The maximum absolute atomic E-state index is 5.59. The molecule has 1 fully saturated rings. The maximum Gasteiger partial charge on any atom is 0.185 e. The van der Waals surface area contributed by atoms with E-state index in [9.17, 15) is 0 Å². The number of ether oxygens (including phenoxy) is 1. The third kappa shape index (κ3) is 2.36. The molecular formula is C11H19N3OS. The average molecular weight is 241 g/mol. The molecule has 90 valence electrons. The minimum absolute atomic E-state index is 0.307. The van der Waals surface area contributed by atoms with Crippen LogP contribution in [0, 0.1) is 0 Å². The van der Waals surface area contributed by atoms with E-state index in [-0.39, 0.29) is 0 Å². The first kappa shape index (κ1) is 11.8. The minimum atomic E-state index is 0.307. The molecule has 2 heterocycles. The van der Waals surface area contributed by atoms with Crippen LogP contribution in [0.15, 0.2) is 6.20 Å². The molecule has 1 aromatic heterocycles. The number of hydrogen-bond donors (Lipinski definition) is 1. The topological polar surface area (TPSA) is 37.4 Å². The van der Waals surface area contributed by atoms with Gasteiger partial charge in [0, 0.05) is 31.3 Å². The summed E-state index contributed by atoms with van der Waals surface area (Å²) in [6.07, 6.45) is 3.35. The lowest BCUT2D eigenvalue weighted by Gasteiger charge is -2.25. The highest BCUT2D eigenvalue weighted by Gasteiger charge is 2.29. The average Bonchev–Trinajstić information content (AvgIpc) is 2.87. The standard InChI is InChI=1S/C11H19N3OS/c1-8-10(4-5-15-8)14(3)11-13-7-9(16-11)6-12-2/h7-8,10,12H,4-6H2,1-3H3. The van der Waals surface area contributed by atoms with Gasteiger partial charge in [0.25, 0.3) is 0 Å². The molecule has 1 aliphatic rings. The molecule has 0 spiro atoms. The van der Waals surface area contributed by atoms with Crippen LogP contribution in [0.2, 0.25) is 0 Å². The monoisotopic (exact) mass is 241 g/mol. The van der Waals surface area contributed by atoms with Crippen molar-refractivity contribution in [1.29, 1.82) is 0 Å². The molecular weight excluding hydrogens is 222 g/mol. The Morgan fingerprint density at radius 2 is 2.50 bits per heavy atom. The lowest BCUT2D eigenvalue weighted by Crippen LogP contribution is -2.36. The first-order valence-corrected chi connectivity index (χ1v) is 6.47. The number of nitrogens with zero attached hydrogens (tertiary/aromatic N) is 2. The fraction of sp³-hybridized carbons (Fsp3) is 0.727. The fourth-order valence-corrected chi connectivity index (χ4v) is 3.03. The Balaban J connectivity index is 2.04. The molecule has 0 bridgehead atoms. The van der Waals surface area contributed by atoms with Crippen molar-refractivity contribution in [3.8, 4) is 0 Å². The Morgan fingerprint density at radius 1 is 1.69 bits per heavy atom. The summed E-state index contributed by atoms with van der Waals surface area (Å²) in [6, 6.07) is 0.466. The van der Waals surface area contributed by atoms with E-state index in [1.807, 2.05) is 13.2 Å². The van der Waals surface area contributed by atoms with Gasteiger partial charge in [0.15, 0.2) is 5.13 Å². The van der Waals surface area contributed by atoms with Gasteiger partial charge in [-0.1, -0.05) is 0 Å². The Bertz CT molecular complexity index is 342. The predicted octanol–water partition coefficient (Wildman–Crippen LogP) is 1.48. The summed E-state index contributed by atoms with van der Waals surface area (Å²) in [6.45, 7) is 3.89. The molecule has 0 saturated carbocycles. The highest BCUT2D eigenvalue weighted by molar-refractivity contribution is 7.15. The van der Waals surface area contributed by atoms with E-state index in [1.165, 1.54) is 4.88 Å². The largest absolute Gasteiger partial charge is 0.376 e. The summed E-state index contributed by atoms with van der Waals surface area (Å²) in [4.78, 5) is 7.99. The number of rotatable bonds is 4. The molecule has 1 aromatic rings. The van der Waals surface area contributed by atoms with Gasteiger partial charge in [-0.15, -0.1) is 11.3 Å². The van der Waals surface area contributed by atoms with Crippen LogP contribution in [0.1, 0.15) is 18.2 Å². The van der Waals surface area contributed by atoms with Gasteiger partial charge >= 0.3 is 0 Å². The Labute approximate surface area is 101 Å². The summed E-state index contributed by atoms with van der Waals surface area (Å²) >= 11 is 1.75. The number of nitrogens with one attached hydrogen (secondary N) is 1. The highest BCUT2D eigenvalue weighted by Crippen LogP contribution is 2.27. The van der Waals surface area contributed by atoms with Gasteiger partial charge in [-0.2, -0.15) is 0 Å². The Hall–Kier alpha value is -0.650. The number of aromatic nitrogens is 1. The molecule has 1 saturated heterocycles. The molecule has 0 aromatic carbocycles. The van der Waals surface area contributed by atoms with Crippen molar-refractivity contribution in [2.75, 3.05) is 25.6 Å². The Kier molecular flexibility index (Phi) is 3.78. The SMILES string of the molecule is CNCc1cnc(N(C)C2CCOC2C)s1. The van der Waals surface area contributed by atoms with Crippen molar-refractivity contribution in [3.05, 3.63) is 11.1 Å². The molecule has 1 N–H and O–H groups in total. The number of thiazole rings is 1. The summed E-state index contributed by atoms with van der Waals surface area (Å²) in [5.41, 5.74) is 0. The van der Waals surface area contributed by atoms with Crippen LogP contribution in [-0.4, -0.2) is 37.8 Å². The van der Waals surface area contributed by atoms with Crippen molar-refractivity contribution < 1.29 is 4.74 Å². The van der Waals surface area contributed by atoms with E-state index < -0.39 is 0 Å². The van der Waals surface area contributed by atoms with Crippen LogP contribution < -0.4 is 10.2 Å². The van der Waals surface area contributed by atoms with Gasteiger partial charge in [-0.05, 0) is 20.4 Å². The molecule has 2 unspecified atom stereocenters. The van der Waals surface area contributed by atoms with Gasteiger partial charge in [0.1, 0.15) is 0 Å². The molecule has 0 amide bonds. The van der Waals surface area contributed by atoms with Crippen molar-refractivity contribution in [3.63, 3.8) is 0 Å². The lowest BCUT2D eigenvalue weighted by molar-refractivity contribution is 0.118. The van der Waals surface area contributed by atoms with Crippen molar-refractivity contribution in [1.82, 2.24) is 10.3 Å². The van der Waals surface area contributed by atoms with Gasteiger partial charge in [0.05, 0.1) is 12.1 Å². The Morgan fingerprint density at radius 3 is 3.12 bits per heavy atom. The third-order valence-corrected chi connectivity index (χ3v) is 4.12. The van der Waals surface area contributed by atoms with Crippen LogP contribution in [0.5, 0.6) is 0 Å². The zero-order valence-corrected chi connectivity index (χ0v) is 10.9. The summed E-state index contributed by atoms with van der Waals surface area (Å²) < 4.78 is 5.59. The fourth-order valence-electron chi connectivity index (χ4n) is 2.09. The second-order valence-electron chi connectivity index (χ2n) is 4.18. The predicted molar refractivity (Wildman–Crippen MR) is 67.1 cm³/mol. The molecule has 5 heteroatoms. The minimum Gasteiger partial charge on any atom is -0.376 e. The van der Waals surface area contributed by atoms with Gasteiger partial charge in [0.2, 0.25) is 0 Å². The first-order chi connectivity index (χ1) is 7.72. The van der Waals surface area contributed by atoms with Crippen LogP contribution >= 0.6 is 11.3 Å². The third-order valence-electron chi connectivity index (χ3n) is 3.03.